The number of methoxy groups -OCH3 is 1. The van der Waals surface area contributed by atoms with Crippen molar-refractivity contribution >= 4 is 0 Å². The summed E-state index contributed by atoms with van der Waals surface area (Å²) in [7, 11) is 1.71. The van der Waals surface area contributed by atoms with Crippen molar-refractivity contribution in [1.82, 2.24) is 5.32 Å². The molecule has 0 heterocycles. The summed E-state index contributed by atoms with van der Waals surface area (Å²) in [4.78, 5) is 0. The molecule has 2 rings (SSSR count). The Morgan fingerprint density at radius 3 is 2.45 bits per heavy atom. The van der Waals surface area contributed by atoms with Gasteiger partial charge in [-0.1, -0.05) is 42.5 Å². The summed E-state index contributed by atoms with van der Waals surface area (Å²) in [5.74, 6) is 0.922. The molecule has 2 atom stereocenters. The fraction of sp³-hybridized carbons (Fsp3) is 0.333. The topological polar surface area (TPSA) is 21.3 Å². The third kappa shape index (κ3) is 4.10. The Hall–Kier alpha value is -1.80. The van der Waals surface area contributed by atoms with Crippen molar-refractivity contribution in [3.8, 4) is 5.75 Å². The molecule has 0 aliphatic heterocycles. The van der Waals surface area contributed by atoms with Gasteiger partial charge in [-0.2, -0.15) is 0 Å². The van der Waals surface area contributed by atoms with Crippen molar-refractivity contribution in [1.29, 1.82) is 0 Å². The zero-order valence-electron chi connectivity index (χ0n) is 12.5. The molecule has 0 fully saturated rings. The monoisotopic (exact) mass is 269 g/mol. The van der Waals surface area contributed by atoms with Crippen LogP contribution in [-0.4, -0.2) is 13.2 Å². The molecule has 0 bridgehead atoms. The van der Waals surface area contributed by atoms with E-state index in [1.165, 1.54) is 11.1 Å². The lowest BCUT2D eigenvalue weighted by molar-refractivity contribution is 0.413. The number of nitrogens with one attached hydrogen (secondary N) is 1. The lowest BCUT2D eigenvalue weighted by Gasteiger charge is -2.20. The van der Waals surface area contributed by atoms with Gasteiger partial charge in [0.1, 0.15) is 5.75 Å². The second kappa shape index (κ2) is 7.11. The largest absolute Gasteiger partial charge is 0.497 e. The Labute approximate surface area is 121 Å². The van der Waals surface area contributed by atoms with E-state index in [-0.39, 0.29) is 0 Å². The average Bonchev–Trinajstić information content (AvgIpc) is 2.48. The summed E-state index contributed by atoms with van der Waals surface area (Å²) >= 11 is 0. The molecule has 0 aromatic heterocycles. The third-order valence-corrected chi connectivity index (χ3v) is 3.51. The van der Waals surface area contributed by atoms with Crippen LogP contribution in [-0.2, 0) is 6.42 Å². The van der Waals surface area contributed by atoms with Crippen LogP contribution in [0.2, 0.25) is 0 Å². The van der Waals surface area contributed by atoms with Crippen molar-refractivity contribution < 1.29 is 4.74 Å². The van der Waals surface area contributed by atoms with E-state index in [2.05, 4.69) is 61.6 Å². The van der Waals surface area contributed by atoms with E-state index in [1.807, 2.05) is 12.1 Å². The smallest absolute Gasteiger partial charge is 0.119 e. The van der Waals surface area contributed by atoms with E-state index in [0.717, 1.165) is 12.2 Å². The highest BCUT2D eigenvalue weighted by Gasteiger charge is 2.10. The molecule has 0 aliphatic carbocycles. The standard InChI is InChI=1S/C18H23NO/c1-14(12-16-8-7-11-18(13-16)20-3)19-15(2)17-9-5-4-6-10-17/h4-11,13-15,19H,12H2,1-3H3/t14?,15-/m0/s1. The van der Waals surface area contributed by atoms with Crippen LogP contribution in [0.15, 0.2) is 54.6 Å². The number of hydrogen-bond donors (Lipinski definition) is 1. The van der Waals surface area contributed by atoms with Gasteiger partial charge in [0.15, 0.2) is 0 Å². The van der Waals surface area contributed by atoms with Crippen molar-refractivity contribution in [3.63, 3.8) is 0 Å². The molecule has 2 heteroatoms. The van der Waals surface area contributed by atoms with Gasteiger partial charge in [0, 0.05) is 12.1 Å². The Morgan fingerprint density at radius 1 is 1.00 bits per heavy atom. The molecular formula is C18H23NO. The minimum atomic E-state index is 0.358. The minimum absolute atomic E-state index is 0.358. The van der Waals surface area contributed by atoms with E-state index in [1.54, 1.807) is 7.11 Å². The second-order valence-electron chi connectivity index (χ2n) is 5.26. The van der Waals surface area contributed by atoms with E-state index in [4.69, 9.17) is 4.74 Å². The Bertz CT molecular complexity index is 524. The fourth-order valence-electron chi connectivity index (χ4n) is 2.48. The molecule has 0 aliphatic rings. The van der Waals surface area contributed by atoms with Crippen LogP contribution in [0.1, 0.15) is 31.0 Å². The summed E-state index contributed by atoms with van der Waals surface area (Å²) in [5.41, 5.74) is 2.62. The minimum Gasteiger partial charge on any atom is -0.497 e. The lowest BCUT2D eigenvalue weighted by atomic mass is 10.0. The van der Waals surface area contributed by atoms with E-state index < -0.39 is 0 Å². The predicted molar refractivity (Wildman–Crippen MR) is 84.2 cm³/mol. The molecule has 2 nitrogen and oxygen atoms in total. The molecule has 0 amide bonds. The molecule has 2 aromatic carbocycles. The van der Waals surface area contributed by atoms with Crippen LogP contribution in [0, 0.1) is 0 Å². The third-order valence-electron chi connectivity index (χ3n) is 3.51. The normalized spacial score (nSPS) is 13.8. The summed E-state index contributed by atoms with van der Waals surface area (Å²) < 4.78 is 5.27. The number of hydrogen-bond acceptors (Lipinski definition) is 2. The first kappa shape index (κ1) is 14.6. The quantitative estimate of drug-likeness (QED) is 0.856. The van der Waals surface area contributed by atoms with Crippen LogP contribution in [0.3, 0.4) is 0 Å². The van der Waals surface area contributed by atoms with Crippen molar-refractivity contribution in [2.45, 2.75) is 32.4 Å². The van der Waals surface area contributed by atoms with E-state index in [0.29, 0.717) is 12.1 Å². The molecule has 20 heavy (non-hydrogen) atoms. The SMILES string of the molecule is COc1cccc(CC(C)N[C@@H](C)c2ccccc2)c1. The maximum atomic E-state index is 5.27. The molecule has 0 saturated heterocycles. The fourth-order valence-corrected chi connectivity index (χ4v) is 2.48. The van der Waals surface area contributed by atoms with E-state index >= 15 is 0 Å². The average molecular weight is 269 g/mol. The molecule has 1 unspecified atom stereocenters. The molecule has 0 saturated carbocycles. The van der Waals surface area contributed by atoms with Gasteiger partial charge in [-0.25, -0.2) is 0 Å². The summed E-state index contributed by atoms with van der Waals surface area (Å²) in [6.45, 7) is 4.43. The summed E-state index contributed by atoms with van der Waals surface area (Å²) in [6, 6.07) is 19.6. The zero-order valence-corrected chi connectivity index (χ0v) is 12.5. The molecular weight excluding hydrogens is 246 g/mol. The van der Waals surface area contributed by atoms with Crippen LogP contribution >= 0.6 is 0 Å². The first-order valence-electron chi connectivity index (χ1n) is 7.13. The highest BCUT2D eigenvalue weighted by Crippen LogP contribution is 2.16. The van der Waals surface area contributed by atoms with Crippen molar-refractivity contribution in [3.05, 3.63) is 65.7 Å². The summed E-state index contributed by atoms with van der Waals surface area (Å²) in [6.07, 6.45) is 0.994. The molecule has 1 N–H and O–H groups in total. The van der Waals surface area contributed by atoms with E-state index in [9.17, 15) is 0 Å². The van der Waals surface area contributed by atoms with Crippen LogP contribution in [0.25, 0.3) is 0 Å². The molecule has 2 aromatic rings. The van der Waals surface area contributed by atoms with Gasteiger partial charge in [0.25, 0.3) is 0 Å². The van der Waals surface area contributed by atoms with Gasteiger partial charge in [-0.05, 0) is 43.5 Å². The van der Waals surface area contributed by atoms with Crippen LogP contribution in [0.5, 0.6) is 5.75 Å². The highest BCUT2D eigenvalue weighted by atomic mass is 16.5. The lowest BCUT2D eigenvalue weighted by Crippen LogP contribution is -2.30. The first-order valence-corrected chi connectivity index (χ1v) is 7.13. The Kier molecular flexibility index (Phi) is 5.19. The highest BCUT2D eigenvalue weighted by molar-refractivity contribution is 5.29. The van der Waals surface area contributed by atoms with Crippen molar-refractivity contribution in [2.24, 2.45) is 0 Å². The number of rotatable bonds is 6. The van der Waals surface area contributed by atoms with Gasteiger partial charge >= 0.3 is 0 Å². The Morgan fingerprint density at radius 2 is 1.75 bits per heavy atom. The van der Waals surface area contributed by atoms with Crippen LogP contribution < -0.4 is 10.1 Å². The van der Waals surface area contributed by atoms with Gasteiger partial charge < -0.3 is 10.1 Å². The molecule has 0 radical (unpaired) electrons. The molecule has 0 spiro atoms. The predicted octanol–water partition coefficient (Wildman–Crippen LogP) is 3.98. The maximum Gasteiger partial charge on any atom is 0.119 e. The molecule has 106 valence electrons. The van der Waals surface area contributed by atoms with Gasteiger partial charge in [-0.15, -0.1) is 0 Å². The maximum absolute atomic E-state index is 5.27. The number of benzene rings is 2. The Balaban J connectivity index is 1.93. The van der Waals surface area contributed by atoms with Gasteiger partial charge in [0.2, 0.25) is 0 Å². The van der Waals surface area contributed by atoms with Gasteiger partial charge in [0.05, 0.1) is 7.11 Å². The zero-order chi connectivity index (χ0) is 14.4. The second-order valence-corrected chi connectivity index (χ2v) is 5.26. The summed E-state index contributed by atoms with van der Waals surface area (Å²) in [5, 5.41) is 3.64. The van der Waals surface area contributed by atoms with Crippen LogP contribution in [0.4, 0.5) is 0 Å². The van der Waals surface area contributed by atoms with Crippen molar-refractivity contribution in [2.75, 3.05) is 7.11 Å². The first-order chi connectivity index (χ1) is 9.69. The van der Waals surface area contributed by atoms with Gasteiger partial charge in [-0.3, -0.25) is 0 Å². The number of ether oxygens (including phenoxy) is 1.